The first kappa shape index (κ1) is 25.8. The fourth-order valence-electron chi connectivity index (χ4n) is 4.78. The van der Waals surface area contributed by atoms with Crippen LogP contribution in [0.25, 0.3) is 27.8 Å². The van der Waals surface area contributed by atoms with Gasteiger partial charge in [0.15, 0.2) is 5.65 Å². The van der Waals surface area contributed by atoms with Gasteiger partial charge in [0, 0.05) is 68.2 Å². The molecule has 0 atom stereocenters. The topological polar surface area (TPSA) is 80.1 Å². The first-order valence-electron chi connectivity index (χ1n) is 12.3. The van der Waals surface area contributed by atoms with Crippen LogP contribution in [0.2, 0.25) is 10.0 Å². The lowest BCUT2D eigenvalue weighted by atomic mass is 10.0. The minimum atomic E-state index is 0.391. The van der Waals surface area contributed by atoms with Crippen LogP contribution >= 0.6 is 23.2 Å². The quantitative estimate of drug-likeness (QED) is 0.348. The molecular weight excluding hydrogens is 513 g/mol. The van der Waals surface area contributed by atoms with Crippen LogP contribution in [0.15, 0.2) is 24.5 Å². The number of fused-ring (bicyclic) bond motifs is 3. The van der Waals surface area contributed by atoms with Crippen LogP contribution in [0.1, 0.15) is 12.1 Å². The Kier molecular flexibility index (Phi) is 7.57. The van der Waals surface area contributed by atoms with E-state index in [9.17, 15) is 0 Å². The SMILES string of the molecule is CNc1ncc2cc(-c3c(Cl)c(OC)cc(OC)c3Cl)c3nc(CCCN4CCN(C)CC4)cn3c2n1. The van der Waals surface area contributed by atoms with Crippen LogP contribution in [0.4, 0.5) is 5.95 Å². The molecule has 1 fully saturated rings. The first-order valence-corrected chi connectivity index (χ1v) is 13.1. The summed E-state index contributed by atoms with van der Waals surface area (Å²) < 4.78 is 13.0. The van der Waals surface area contributed by atoms with Gasteiger partial charge in [0.2, 0.25) is 5.95 Å². The van der Waals surface area contributed by atoms with Gasteiger partial charge in [-0.15, -0.1) is 0 Å². The molecule has 0 bridgehead atoms. The highest BCUT2D eigenvalue weighted by Crippen LogP contribution is 2.47. The highest BCUT2D eigenvalue weighted by Gasteiger charge is 2.23. The summed E-state index contributed by atoms with van der Waals surface area (Å²) in [6.07, 6.45) is 5.70. The lowest BCUT2D eigenvalue weighted by molar-refractivity contribution is 0.153. The maximum atomic E-state index is 6.81. The summed E-state index contributed by atoms with van der Waals surface area (Å²) in [6, 6.07) is 3.65. The van der Waals surface area contributed by atoms with E-state index in [0.717, 1.165) is 67.9 Å². The van der Waals surface area contributed by atoms with Crippen molar-refractivity contribution in [2.24, 2.45) is 0 Å². The van der Waals surface area contributed by atoms with Crippen molar-refractivity contribution in [3.05, 3.63) is 40.3 Å². The number of pyridine rings is 1. The molecule has 1 saturated heterocycles. The number of halogens is 2. The van der Waals surface area contributed by atoms with E-state index in [1.807, 2.05) is 10.5 Å². The van der Waals surface area contributed by atoms with Crippen molar-refractivity contribution in [1.29, 1.82) is 0 Å². The molecule has 0 amide bonds. The number of methoxy groups -OCH3 is 2. The lowest BCUT2D eigenvalue weighted by Crippen LogP contribution is -2.44. The summed E-state index contributed by atoms with van der Waals surface area (Å²) in [5.74, 6) is 1.47. The van der Waals surface area contributed by atoms with Crippen LogP contribution in [-0.4, -0.2) is 90.2 Å². The van der Waals surface area contributed by atoms with Crippen molar-refractivity contribution in [2.45, 2.75) is 12.8 Å². The second kappa shape index (κ2) is 10.9. The van der Waals surface area contributed by atoms with Crippen LogP contribution in [0.3, 0.4) is 0 Å². The zero-order chi connectivity index (χ0) is 26.1. The Bertz CT molecular complexity index is 1410. The molecule has 1 aliphatic heterocycles. The van der Waals surface area contributed by atoms with Crippen LogP contribution in [0, 0.1) is 0 Å². The van der Waals surface area contributed by atoms with Crippen LogP contribution in [-0.2, 0) is 6.42 Å². The summed E-state index contributed by atoms with van der Waals surface area (Å²) in [7, 11) is 7.10. The number of hydrogen-bond acceptors (Lipinski definition) is 8. The Morgan fingerprint density at radius 3 is 2.32 bits per heavy atom. The van der Waals surface area contributed by atoms with Crippen molar-refractivity contribution < 1.29 is 9.47 Å². The second-order valence-electron chi connectivity index (χ2n) is 9.24. The van der Waals surface area contributed by atoms with E-state index in [4.69, 9.17) is 42.6 Å². The van der Waals surface area contributed by atoms with Crippen LogP contribution in [0.5, 0.6) is 11.5 Å². The second-order valence-corrected chi connectivity index (χ2v) is 9.99. The van der Waals surface area contributed by atoms with Gasteiger partial charge in [0.1, 0.15) is 17.1 Å². The molecule has 1 N–H and O–H groups in total. The molecule has 37 heavy (non-hydrogen) atoms. The number of hydrogen-bond donors (Lipinski definition) is 1. The number of imidazole rings is 1. The summed E-state index contributed by atoms with van der Waals surface area (Å²) in [5.41, 5.74) is 3.79. The van der Waals surface area contributed by atoms with Crippen molar-refractivity contribution in [1.82, 2.24) is 29.2 Å². The van der Waals surface area contributed by atoms with Crippen molar-refractivity contribution in [3.8, 4) is 22.6 Å². The number of likely N-dealkylation sites (N-methyl/N-ethyl adjacent to an activating group) is 1. The van der Waals surface area contributed by atoms with E-state index in [2.05, 4.69) is 33.3 Å². The Balaban J connectivity index is 1.60. The standard InChI is InChI=1S/C26H31Cl2N7O2/c1-29-26-30-14-16-12-18(21-22(27)19(36-3)13-20(37-4)23(21)28)25-31-17(15-35(25)24(16)32-26)6-5-7-34-10-8-33(2)9-11-34/h12-15H,5-11H2,1-4H3,(H,29,30,32). The number of aryl methyl sites for hydroxylation is 1. The summed E-state index contributed by atoms with van der Waals surface area (Å²) in [4.78, 5) is 19.1. The van der Waals surface area contributed by atoms with Crippen LogP contribution < -0.4 is 14.8 Å². The third-order valence-electron chi connectivity index (χ3n) is 6.89. The maximum absolute atomic E-state index is 6.81. The number of benzene rings is 1. The van der Waals surface area contributed by atoms with Gasteiger partial charge in [-0.05, 0) is 32.5 Å². The average Bonchev–Trinajstić information content (AvgIpc) is 3.34. The maximum Gasteiger partial charge on any atom is 0.224 e. The molecule has 0 unspecified atom stereocenters. The lowest BCUT2D eigenvalue weighted by Gasteiger charge is -2.32. The number of rotatable bonds is 8. The molecule has 0 saturated carbocycles. The number of ether oxygens (including phenoxy) is 2. The first-order chi connectivity index (χ1) is 17.9. The average molecular weight is 544 g/mol. The van der Waals surface area contributed by atoms with Gasteiger partial charge in [-0.1, -0.05) is 23.2 Å². The molecule has 196 valence electrons. The van der Waals surface area contributed by atoms with Gasteiger partial charge in [-0.3, -0.25) is 4.40 Å². The zero-order valence-electron chi connectivity index (χ0n) is 21.5. The van der Waals surface area contributed by atoms with Crippen molar-refractivity contribution in [2.75, 3.05) is 66.4 Å². The molecule has 4 aromatic rings. The molecule has 9 nitrogen and oxygen atoms in total. The number of nitrogens with zero attached hydrogens (tertiary/aromatic N) is 6. The predicted octanol–water partition coefficient (Wildman–Crippen LogP) is 4.49. The molecule has 11 heteroatoms. The van der Waals surface area contributed by atoms with E-state index in [1.165, 1.54) is 0 Å². The molecular formula is C26H31Cl2N7O2. The molecule has 1 aromatic carbocycles. The normalized spacial score (nSPS) is 15.0. The molecule has 0 spiro atoms. The number of anilines is 1. The largest absolute Gasteiger partial charge is 0.495 e. The third-order valence-corrected chi connectivity index (χ3v) is 7.64. The van der Waals surface area contributed by atoms with Gasteiger partial charge in [0.25, 0.3) is 0 Å². The Morgan fingerprint density at radius 1 is 0.973 bits per heavy atom. The molecule has 5 rings (SSSR count). The highest BCUT2D eigenvalue weighted by atomic mass is 35.5. The van der Waals surface area contributed by atoms with Gasteiger partial charge in [0.05, 0.1) is 30.0 Å². The molecule has 0 aliphatic carbocycles. The van der Waals surface area contributed by atoms with E-state index < -0.39 is 0 Å². The summed E-state index contributed by atoms with van der Waals surface area (Å²) >= 11 is 13.6. The van der Waals surface area contributed by atoms with E-state index in [0.29, 0.717) is 38.7 Å². The van der Waals surface area contributed by atoms with Gasteiger partial charge in [-0.25, -0.2) is 9.97 Å². The summed E-state index contributed by atoms with van der Waals surface area (Å²) in [6.45, 7) is 5.49. The summed E-state index contributed by atoms with van der Waals surface area (Å²) in [5, 5.41) is 4.63. The smallest absolute Gasteiger partial charge is 0.224 e. The van der Waals surface area contributed by atoms with Crippen molar-refractivity contribution >= 4 is 45.8 Å². The molecule has 0 radical (unpaired) electrons. The third kappa shape index (κ3) is 5.01. The molecule has 4 heterocycles. The monoisotopic (exact) mass is 543 g/mol. The molecule has 3 aromatic heterocycles. The molecule has 1 aliphatic rings. The van der Waals surface area contributed by atoms with E-state index >= 15 is 0 Å². The van der Waals surface area contributed by atoms with Gasteiger partial charge >= 0.3 is 0 Å². The highest BCUT2D eigenvalue weighted by molar-refractivity contribution is 6.41. The van der Waals surface area contributed by atoms with E-state index in [1.54, 1.807) is 33.5 Å². The van der Waals surface area contributed by atoms with Gasteiger partial charge in [-0.2, -0.15) is 4.98 Å². The number of nitrogens with one attached hydrogen (secondary N) is 1. The minimum Gasteiger partial charge on any atom is -0.495 e. The Hall–Kier alpha value is -2.85. The Labute approximate surface area is 226 Å². The Morgan fingerprint density at radius 2 is 1.68 bits per heavy atom. The fraction of sp³-hybridized carbons (Fsp3) is 0.423. The fourth-order valence-corrected chi connectivity index (χ4v) is 5.48. The minimum absolute atomic E-state index is 0.391. The zero-order valence-corrected chi connectivity index (χ0v) is 23.0. The van der Waals surface area contributed by atoms with E-state index in [-0.39, 0.29) is 0 Å². The number of aromatic nitrogens is 4. The van der Waals surface area contributed by atoms with Gasteiger partial charge < -0.3 is 24.6 Å². The number of piperazine rings is 1. The van der Waals surface area contributed by atoms with Crippen molar-refractivity contribution in [3.63, 3.8) is 0 Å². The predicted molar refractivity (Wildman–Crippen MR) is 149 cm³/mol.